The molecule has 0 spiro atoms. The van der Waals surface area contributed by atoms with Gasteiger partial charge in [-0.05, 0) is 40.8 Å². The monoisotopic (exact) mass is 296 g/mol. The van der Waals surface area contributed by atoms with E-state index in [1.165, 1.54) is 11.3 Å². The molecule has 1 unspecified atom stereocenters. The first-order chi connectivity index (χ1) is 6.50. The predicted octanol–water partition coefficient (Wildman–Crippen LogP) is 4.63. The smallest absolute Gasteiger partial charge is 0.107 e. The molecule has 0 radical (unpaired) electrons. The van der Waals surface area contributed by atoms with Crippen LogP contribution >= 0.6 is 38.9 Å². The predicted molar refractivity (Wildman–Crippen MR) is 66.1 cm³/mol. The summed E-state index contributed by atoms with van der Waals surface area (Å²) in [4.78, 5) is 0.947. The minimum atomic E-state index is -0.369. The topological polar surface area (TPSA) is 20.2 Å². The summed E-state index contributed by atoms with van der Waals surface area (Å²) in [7, 11) is 0. The molecule has 0 bridgehead atoms. The normalized spacial score (nSPS) is 13.6. The minimum absolute atomic E-state index is 0.369. The highest BCUT2D eigenvalue weighted by Gasteiger charge is 2.13. The lowest BCUT2D eigenvalue weighted by atomic mass is 10.0. The Kier molecular flexibility index (Phi) is 4.91. The molecule has 0 aromatic carbocycles. The third kappa shape index (κ3) is 3.54. The Morgan fingerprint density at radius 1 is 1.50 bits per heavy atom. The standard InChI is InChI=1S/C10H14BrClOS/c1-6(2)3-4-8(13)9-5-7(11)10(12)14-9/h5-6,8,13H,3-4H2,1-2H3. The highest BCUT2D eigenvalue weighted by molar-refractivity contribution is 9.10. The molecule has 0 aliphatic heterocycles. The quantitative estimate of drug-likeness (QED) is 0.859. The summed E-state index contributed by atoms with van der Waals surface area (Å²) in [5.74, 6) is 0.628. The van der Waals surface area contributed by atoms with E-state index in [2.05, 4.69) is 29.8 Å². The van der Waals surface area contributed by atoms with Gasteiger partial charge in [0.2, 0.25) is 0 Å². The SMILES string of the molecule is CC(C)CCC(O)c1cc(Br)c(Cl)s1. The Bertz CT molecular complexity index is 279. The van der Waals surface area contributed by atoms with Crippen LogP contribution in [0, 0.1) is 5.92 Å². The van der Waals surface area contributed by atoms with Crippen molar-refractivity contribution in [1.29, 1.82) is 0 Å². The average Bonchev–Trinajstić information content (AvgIpc) is 2.43. The van der Waals surface area contributed by atoms with Crippen LogP contribution in [0.2, 0.25) is 4.34 Å². The van der Waals surface area contributed by atoms with E-state index in [1.54, 1.807) is 0 Å². The van der Waals surface area contributed by atoms with Crippen LogP contribution in [0.5, 0.6) is 0 Å². The van der Waals surface area contributed by atoms with Crippen molar-refractivity contribution in [3.05, 3.63) is 19.8 Å². The van der Waals surface area contributed by atoms with E-state index in [9.17, 15) is 5.11 Å². The molecule has 0 saturated carbocycles. The Hall–Kier alpha value is 0.430. The van der Waals surface area contributed by atoms with Gasteiger partial charge >= 0.3 is 0 Å². The fourth-order valence-electron chi connectivity index (χ4n) is 1.16. The Labute approximate surface area is 102 Å². The van der Waals surface area contributed by atoms with Gasteiger partial charge in [0.15, 0.2) is 0 Å². The van der Waals surface area contributed by atoms with Crippen LogP contribution in [0.15, 0.2) is 10.5 Å². The van der Waals surface area contributed by atoms with Crippen LogP contribution < -0.4 is 0 Å². The lowest BCUT2D eigenvalue weighted by Gasteiger charge is -2.09. The van der Waals surface area contributed by atoms with Crippen LogP contribution in [0.3, 0.4) is 0 Å². The fourth-order valence-corrected chi connectivity index (χ4v) is 2.92. The zero-order valence-corrected chi connectivity index (χ0v) is 11.4. The van der Waals surface area contributed by atoms with Crippen LogP contribution in [0.4, 0.5) is 0 Å². The molecule has 0 aliphatic rings. The van der Waals surface area contributed by atoms with Crippen LogP contribution in [-0.4, -0.2) is 5.11 Å². The molecular formula is C10H14BrClOS. The summed E-state index contributed by atoms with van der Waals surface area (Å²) in [5.41, 5.74) is 0. The van der Waals surface area contributed by atoms with Crippen molar-refractivity contribution >= 4 is 38.9 Å². The largest absolute Gasteiger partial charge is 0.388 e. The maximum atomic E-state index is 9.84. The third-order valence-electron chi connectivity index (χ3n) is 2.01. The van der Waals surface area contributed by atoms with Gasteiger partial charge in [-0.2, -0.15) is 0 Å². The molecule has 1 heterocycles. The molecule has 1 N–H and O–H groups in total. The number of halogens is 2. The molecule has 14 heavy (non-hydrogen) atoms. The summed E-state index contributed by atoms with van der Waals surface area (Å²) in [5, 5.41) is 9.84. The number of rotatable bonds is 4. The molecule has 1 rings (SSSR count). The van der Waals surface area contributed by atoms with Crippen LogP contribution in [0.1, 0.15) is 37.7 Å². The molecule has 1 atom stereocenters. The van der Waals surface area contributed by atoms with Crippen molar-refractivity contribution < 1.29 is 5.11 Å². The van der Waals surface area contributed by atoms with E-state index in [1.807, 2.05) is 6.07 Å². The number of aliphatic hydroxyl groups excluding tert-OH is 1. The molecule has 0 saturated heterocycles. The van der Waals surface area contributed by atoms with E-state index in [0.29, 0.717) is 10.3 Å². The van der Waals surface area contributed by atoms with Gasteiger partial charge in [-0.1, -0.05) is 25.4 Å². The van der Waals surface area contributed by atoms with E-state index in [0.717, 1.165) is 22.2 Å². The van der Waals surface area contributed by atoms with Crippen molar-refractivity contribution in [2.75, 3.05) is 0 Å². The second-order valence-corrected chi connectivity index (χ2v) is 6.30. The van der Waals surface area contributed by atoms with E-state index >= 15 is 0 Å². The van der Waals surface area contributed by atoms with Crippen LogP contribution in [0.25, 0.3) is 0 Å². The molecule has 1 nitrogen and oxygen atoms in total. The van der Waals surface area contributed by atoms with Crippen molar-refractivity contribution in [1.82, 2.24) is 0 Å². The highest BCUT2D eigenvalue weighted by atomic mass is 79.9. The molecule has 0 fully saturated rings. The van der Waals surface area contributed by atoms with Gasteiger partial charge in [-0.3, -0.25) is 0 Å². The Morgan fingerprint density at radius 3 is 2.57 bits per heavy atom. The molecule has 0 amide bonds. The maximum absolute atomic E-state index is 9.84. The van der Waals surface area contributed by atoms with E-state index in [4.69, 9.17) is 11.6 Å². The lowest BCUT2D eigenvalue weighted by Crippen LogP contribution is -1.97. The number of hydrogen-bond acceptors (Lipinski definition) is 2. The van der Waals surface area contributed by atoms with Gasteiger partial charge in [-0.15, -0.1) is 11.3 Å². The van der Waals surface area contributed by atoms with Crippen molar-refractivity contribution in [3.8, 4) is 0 Å². The molecule has 1 aromatic rings. The minimum Gasteiger partial charge on any atom is -0.388 e. The molecule has 80 valence electrons. The van der Waals surface area contributed by atoms with Gasteiger partial charge in [0, 0.05) is 9.35 Å². The summed E-state index contributed by atoms with van der Waals surface area (Å²) in [6.07, 6.45) is 1.47. The molecular weight excluding hydrogens is 284 g/mol. The average molecular weight is 298 g/mol. The van der Waals surface area contributed by atoms with Crippen molar-refractivity contribution in [2.45, 2.75) is 32.8 Å². The summed E-state index contributed by atoms with van der Waals surface area (Å²) in [6.45, 7) is 4.31. The van der Waals surface area contributed by atoms with E-state index < -0.39 is 0 Å². The fraction of sp³-hybridized carbons (Fsp3) is 0.600. The van der Waals surface area contributed by atoms with Crippen molar-refractivity contribution in [3.63, 3.8) is 0 Å². The van der Waals surface area contributed by atoms with Gasteiger partial charge in [0.25, 0.3) is 0 Å². The van der Waals surface area contributed by atoms with Gasteiger partial charge < -0.3 is 5.11 Å². The summed E-state index contributed by atoms with van der Waals surface area (Å²) < 4.78 is 1.59. The first-order valence-corrected chi connectivity index (χ1v) is 6.62. The molecule has 4 heteroatoms. The lowest BCUT2D eigenvalue weighted by molar-refractivity contribution is 0.163. The zero-order valence-electron chi connectivity index (χ0n) is 8.26. The first kappa shape index (κ1) is 12.5. The Balaban J connectivity index is 2.56. The van der Waals surface area contributed by atoms with Gasteiger partial charge in [0.1, 0.15) is 4.34 Å². The zero-order chi connectivity index (χ0) is 10.7. The maximum Gasteiger partial charge on any atom is 0.107 e. The Morgan fingerprint density at radius 2 is 2.14 bits per heavy atom. The number of hydrogen-bond donors (Lipinski definition) is 1. The van der Waals surface area contributed by atoms with Gasteiger partial charge in [-0.25, -0.2) is 0 Å². The first-order valence-electron chi connectivity index (χ1n) is 4.63. The molecule has 0 aliphatic carbocycles. The number of aliphatic hydroxyl groups is 1. The third-order valence-corrected chi connectivity index (χ3v) is 4.59. The second kappa shape index (κ2) is 5.50. The number of thiophene rings is 1. The van der Waals surface area contributed by atoms with E-state index in [-0.39, 0.29) is 6.10 Å². The summed E-state index contributed by atoms with van der Waals surface area (Å²) in [6, 6.07) is 1.90. The highest BCUT2D eigenvalue weighted by Crippen LogP contribution is 2.36. The molecule has 1 aromatic heterocycles. The second-order valence-electron chi connectivity index (χ2n) is 3.76. The van der Waals surface area contributed by atoms with Gasteiger partial charge in [0.05, 0.1) is 6.10 Å². The van der Waals surface area contributed by atoms with Crippen LogP contribution in [-0.2, 0) is 0 Å². The summed E-state index contributed by atoms with van der Waals surface area (Å²) >= 11 is 10.7. The van der Waals surface area contributed by atoms with Crippen molar-refractivity contribution in [2.24, 2.45) is 5.92 Å².